The zero-order valence-corrected chi connectivity index (χ0v) is 10.9. The molecule has 2 aromatic rings. The van der Waals surface area contributed by atoms with E-state index >= 15 is 0 Å². The van der Waals surface area contributed by atoms with Crippen molar-refractivity contribution in [2.45, 2.75) is 13.5 Å². The number of ether oxygens (including phenoxy) is 1. The predicted molar refractivity (Wildman–Crippen MR) is 74.0 cm³/mol. The van der Waals surface area contributed by atoms with Crippen LogP contribution in [0.3, 0.4) is 0 Å². The lowest BCUT2D eigenvalue weighted by Gasteiger charge is -2.09. The molecule has 0 aliphatic heterocycles. The molecule has 0 amide bonds. The average Bonchev–Trinajstić information content (AvgIpc) is 2.46. The smallest absolute Gasteiger partial charge is 0.272 e. The Balaban J connectivity index is 2.12. The first kappa shape index (κ1) is 13.7. The van der Waals surface area contributed by atoms with Crippen molar-refractivity contribution in [1.82, 2.24) is 0 Å². The molecule has 0 aromatic heterocycles. The van der Waals surface area contributed by atoms with Gasteiger partial charge < -0.3 is 4.74 Å². The van der Waals surface area contributed by atoms with Crippen LogP contribution in [0, 0.1) is 17.0 Å². The molecule has 0 spiro atoms. The fourth-order valence-electron chi connectivity index (χ4n) is 1.83. The number of carbonyl (C=O) groups is 1. The van der Waals surface area contributed by atoms with Crippen LogP contribution in [-0.2, 0) is 6.61 Å². The zero-order valence-electron chi connectivity index (χ0n) is 10.9. The molecule has 0 atom stereocenters. The lowest BCUT2D eigenvalue weighted by atomic mass is 10.1. The molecule has 0 N–H and O–H groups in total. The van der Waals surface area contributed by atoms with Crippen LogP contribution in [0.2, 0.25) is 0 Å². The molecular weight excluding hydrogens is 258 g/mol. The van der Waals surface area contributed by atoms with Crippen molar-refractivity contribution in [1.29, 1.82) is 0 Å². The Morgan fingerprint density at radius 2 is 1.90 bits per heavy atom. The number of benzene rings is 2. The second kappa shape index (κ2) is 5.97. The zero-order chi connectivity index (χ0) is 14.5. The van der Waals surface area contributed by atoms with Crippen LogP contribution in [0.15, 0.2) is 42.5 Å². The van der Waals surface area contributed by atoms with Gasteiger partial charge in [-0.1, -0.05) is 12.1 Å². The number of hydrogen-bond donors (Lipinski definition) is 0. The summed E-state index contributed by atoms with van der Waals surface area (Å²) in [6.45, 7) is 1.94. The highest BCUT2D eigenvalue weighted by Crippen LogP contribution is 2.22. The predicted octanol–water partition coefficient (Wildman–Crippen LogP) is 3.29. The topological polar surface area (TPSA) is 69.4 Å². The van der Waals surface area contributed by atoms with Crippen LogP contribution in [-0.4, -0.2) is 11.2 Å². The van der Waals surface area contributed by atoms with Crippen molar-refractivity contribution < 1.29 is 14.5 Å². The second-order valence-corrected chi connectivity index (χ2v) is 4.29. The number of nitrogens with zero attached hydrogens (tertiary/aromatic N) is 1. The van der Waals surface area contributed by atoms with Crippen LogP contribution in [0.5, 0.6) is 5.75 Å². The van der Waals surface area contributed by atoms with Gasteiger partial charge in [-0.05, 0) is 36.8 Å². The Hall–Kier alpha value is -2.69. The molecule has 2 aromatic carbocycles. The maximum absolute atomic E-state index is 10.9. The van der Waals surface area contributed by atoms with E-state index in [0.717, 1.165) is 11.8 Å². The first-order valence-corrected chi connectivity index (χ1v) is 6.02. The van der Waals surface area contributed by atoms with E-state index in [4.69, 9.17) is 4.74 Å². The van der Waals surface area contributed by atoms with Gasteiger partial charge >= 0.3 is 0 Å². The van der Waals surface area contributed by atoms with E-state index in [0.29, 0.717) is 16.9 Å². The molecule has 102 valence electrons. The molecule has 0 unspecified atom stereocenters. The number of hydrogen-bond acceptors (Lipinski definition) is 4. The molecule has 0 heterocycles. The Kier molecular flexibility index (Phi) is 4.10. The van der Waals surface area contributed by atoms with Gasteiger partial charge in [0.1, 0.15) is 18.6 Å². The van der Waals surface area contributed by atoms with Gasteiger partial charge in [0.05, 0.1) is 4.92 Å². The highest BCUT2D eigenvalue weighted by Gasteiger charge is 2.13. The maximum atomic E-state index is 10.9. The van der Waals surface area contributed by atoms with E-state index in [1.165, 1.54) is 6.07 Å². The summed E-state index contributed by atoms with van der Waals surface area (Å²) in [5.74, 6) is 0.613. The van der Waals surface area contributed by atoms with E-state index in [-0.39, 0.29) is 12.3 Å². The van der Waals surface area contributed by atoms with Crippen molar-refractivity contribution in [3.8, 4) is 5.75 Å². The Labute approximate surface area is 116 Å². The number of aldehydes is 1. The van der Waals surface area contributed by atoms with Crippen molar-refractivity contribution in [2.24, 2.45) is 0 Å². The van der Waals surface area contributed by atoms with Gasteiger partial charge in [-0.2, -0.15) is 0 Å². The molecule has 0 saturated carbocycles. The lowest BCUT2D eigenvalue weighted by molar-refractivity contribution is -0.385. The Morgan fingerprint density at radius 1 is 1.20 bits per heavy atom. The van der Waals surface area contributed by atoms with Crippen LogP contribution in [0.25, 0.3) is 0 Å². The standard InChI is InChI=1S/C15H13NO4/c1-11-13(3-2-4-15(11)16(18)19)10-20-14-7-5-12(9-17)6-8-14/h2-9H,10H2,1H3. The van der Waals surface area contributed by atoms with Gasteiger partial charge in [-0.15, -0.1) is 0 Å². The van der Waals surface area contributed by atoms with Crippen LogP contribution < -0.4 is 4.74 Å². The third kappa shape index (κ3) is 3.00. The summed E-state index contributed by atoms with van der Waals surface area (Å²) in [7, 11) is 0. The van der Waals surface area contributed by atoms with E-state index in [1.807, 2.05) is 0 Å². The third-order valence-corrected chi connectivity index (χ3v) is 3.02. The van der Waals surface area contributed by atoms with Gasteiger partial charge in [0, 0.05) is 17.2 Å². The van der Waals surface area contributed by atoms with Crippen molar-refractivity contribution in [3.63, 3.8) is 0 Å². The van der Waals surface area contributed by atoms with Gasteiger partial charge in [0.15, 0.2) is 0 Å². The van der Waals surface area contributed by atoms with E-state index < -0.39 is 4.92 Å². The van der Waals surface area contributed by atoms with E-state index in [9.17, 15) is 14.9 Å². The van der Waals surface area contributed by atoms with Crippen molar-refractivity contribution in [2.75, 3.05) is 0 Å². The first-order valence-electron chi connectivity index (χ1n) is 6.02. The number of carbonyl (C=O) groups excluding carboxylic acids is 1. The summed E-state index contributed by atoms with van der Waals surface area (Å²) in [6.07, 6.45) is 0.758. The number of nitro benzene ring substituents is 1. The van der Waals surface area contributed by atoms with Gasteiger partial charge in [0.2, 0.25) is 0 Å². The Bertz CT molecular complexity index is 635. The van der Waals surface area contributed by atoms with Gasteiger partial charge in [-0.25, -0.2) is 0 Å². The molecule has 0 radical (unpaired) electrons. The normalized spacial score (nSPS) is 10.1. The van der Waals surface area contributed by atoms with Gasteiger partial charge in [0.25, 0.3) is 5.69 Å². The SMILES string of the molecule is Cc1c(COc2ccc(C=O)cc2)cccc1[N+](=O)[O-]. The highest BCUT2D eigenvalue weighted by atomic mass is 16.6. The third-order valence-electron chi connectivity index (χ3n) is 3.02. The fraction of sp³-hybridized carbons (Fsp3) is 0.133. The minimum atomic E-state index is -0.405. The maximum Gasteiger partial charge on any atom is 0.272 e. The number of rotatable bonds is 5. The summed E-state index contributed by atoms with van der Waals surface area (Å²) in [5.41, 5.74) is 2.02. The fourth-order valence-corrected chi connectivity index (χ4v) is 1.83. The molecule has 0 aliphatic carbocycles. The minimum Gasteiger partial charge on any atom is -0.489 e. The summed E-state index contributed by atoms with van der Waals surface area (Å²) in [4.78, 5) is 21.0. The second-order valence-electron chi connectivity index (χ2n) is 4.29. The van der Waals surface area contributed by atoms with Crippen LogP contribution >= 0.6 is 0 Å². The summed E-state index contributed by atoms with van der Waals surface area (Å²) in [6, 6.07) is 11.6. The Morgan fingerprint density at radius 3 is 2.50 bits per heavy atom. The molecule has 5 nitrogen and oxygen atoms in total. The largest absolute Gasteiger partial charge is 0.489 e. The molecule has 5 heteroatoms. The summed E-state index contributed by atoms with van der Waals surface area (Å²) >= 11 is 0. The highest BCUT2D eigenvalue weighted by molar-refractivity contribution is 5.74. The first-order chi connectivity index (χ1) is 9.61. The molecule has 0 aliphatic rings. The quantitative estimate of drug-likeness (QED) is 0.475. The van der Waals surface area contributed by atoms with E-state index in [2.05, 4.69) is 0 Å². The van der Waals surface area contributed by atoms with Crippen LogP contribution in [0.4, 0.5) is 5.69 Å². The molecule has 0 fully saturated rings. The van der Waals surface area contributed by atoms with Crippen molar-refractivity contribution >= 4 is 12.0 Å². The summed E-state index contributed by atoms with van der Waals surface area (Å²) < 4.78 is 5.57. The molecule has 0 saturated heterocycles. The lowest BCUT2D eigenvalue weighted by Crippen LogP contribution is -2.01. The summed E-state index contributed by atoms with van der Waals surface area (Å²) in [5, 5.41) is 10.9. The molecule has 20 heavy (non-hydrogen) atoms. The monoisotopic (exact) mass is 271 g/mol. The molecule has 2 rings (SSSR count). The average molecular weight is 271 g/mol. The van der Waals surface area contributed by atoms with Crippen LogP contribution in [0.1, 0.15) is 21.5 Å². The van der Waals surface area contributed by atoms with Crippen molar-refractivity contribution in [3.05, 3.63) is 69.3 Å². The van der Waals surface area contributed by atoms with Gasteiger partial charge in [-0.3, -0.25) is 14.9 Å². The molecular formula is C15H13NO4. The number of nitro groups is 1. The minimum absolute atomic E-state index is 0.0856. The van der Waals surface area contributed by atoms with E-state index in [1.54, 1.807) is 43.3 Å². The molecule has 0 bridgehead atoms.